The molecule has 0 atom stereocenters. The van der Waals surface area contributed by atoms with Crippen LogP contribution in [0.15, 0.2) is 24.3 Å². The predicted octanol–water partition coefficient (Wildman–Crippen LogP) is 3.34. The summed E-state index contributed by atoms with van der Waals surface area (Å²) in [5.74, 6) is 0. The van der Waals surface area contributed by atoms with Gasteiger partial charge in [0.05, 0.1) is 12.1 Å². The summed E-state index contributed by atoms with van der Waals surface area (Å²) in [5, 5.41) is 1.62. The van der Waals surface area contributed by atoms with Crippen LogP contribution in [0.5, 0.6) is 0 Å². The van der Waals surface area contributed by atoms with Gasteiger partial charge in [0.15, 0.2) is 0 Å². The Morgan fingerprint density at radius 1 is 1.33 bits per heavy atom. The number of aromatic nitrogens is 1. The van der Waals surface area contributed by atoms with E-state index in [2.05, 4.69) is 11.1 Å². The SMILES string of the molecule is COCc1cc2ccc(C)cc2nc1Cl. The topological polar surface area (TPSA) is 22.1 Å². The van der Waals surface area contributed by atoms with Crippen molar-refractivity contribution in [2.24, 2.45) is 0 Å². The van der Waals surface area contributed by atoms with Gasteiger partial charge >= 0.3 is 0 Å². The lowest BCUT2D eigenvalue weighted by atomic mass is 10.1. The molecule has 0 radical (unpaired) electrons. The average molecular weight is 222 g/mol. The Bertz CT molecular complexity index is 496. The Morgan fingerprint density at radius 2 is 2.13 bits per heavy atom. The zero-order chi connectivity index (χ0) is 10.8. The summed E-state index contributed by atoms with van der Waals surface area (Å²) < 4.78 is 5.06. The molecule has 78 valence electrons. The van der Waals surface area contributed by atoms with Crippen molar-refractivity contribution in [1.29, 1.82) is 0 Å². The molecule has 0 amide bonds. The van der Waals surface area contributed by atoms with Gasteiger partial charge in [-0.25, -0.2) is 4.98 Å². The molecule has 0 N–H and O–H groups in total. The highest BCUT2D eigenvalue weighted by Crippen LogP contribution is 2.21. The van der Waals surface area contributed by atoms with E-state index in [1.807, 2.05) is 25.1 Å². The smallest absolute Gasteiger partial charge is 0.135 e. The first-order valence-corrected chi connectivity index (χ1v) is 5.13. The number of pyridine rings is 1. The van der Waals surface area contributed by atoms with Crippen LogP contribution in [0.2, 0.25) is 5.15 Å². The number of ether oxygens (including phenoxy) is 1. The van der Waals surface area contributed by atoms with E-state index in [4.69, 9.17) is 16.3 Å². The van der Waals surface area contributed by atoms with Gasteiger partial charge in [-0.05, 0) is 24.6 Å². The Hall–Kier alpha value is -1.12. The minimum atomic E-state index is 0.496. The second-order valence-electron chi connectivity index (χ2n) is 3.57. The van der Waals surface area contributed by atoms with Gasteiger partial charge in [0.2, 0.25) is 0 Å². The van der Waals surface area contributed by atoms with Crippen molar-refractivity contribution in [3.63, 3.8) is 0 Å². The highest BCUT2D eigenvalue weighted by Gasteiger charge is 2.04. The molecule has 0 aliphatic carbocycles. The number of aryl methyl sites for hydroxylation is 1. The van der Waals surface area contributed by atoms with Crippen LogP contribution in [0.25, 0.3) is 10.9 Å². The first-order chi connectivity index (χ1) is 7.20. The van der Waals surface area contributed by atoms with Gasteiger partial charge in [-0.2, -0.15) is 0 Å². The number of halogens is 1. The first kappa shape index (κ1) is 10.4. The number of methoxy groups -OCH3 is 1. The zero-order valence-electron chi connectivity index (χ0n) is 8.75. The van der Waals surface area contributed by atoms with Crippen molar-refractivity contribution in [3.8, 4) is 0 Å². The molecular weight excluding hydrogens is 210 g/mol. The predicted molar refractivity (Wildman–Crippen MR) is 62.2 cm³/mol. The molecule has 2 rings (SSSR count). The van der Waals surface area contributed by atoms with Crippen LogP contribution in [-0.2, 0) is 11.3 Å². The molecule has 0 bridgehead atoms. The van der Waals surface area contributed by atoms with Crippen LogP contribution in [0, 0.1) is 6.92 Å². The van der Waals surface area contributed by atoms with Crippen LogP contribution in [0.3, 0.4) is 0 Å². The maximum absolute atomic E-state index is 6.04. The van der Waals surface area contributed by atoms with E-state index >= 15 is 0 Å². The van der Waals surface area contributed by atoms with Crippen LogP contribution in [0.1, 0.15) is 11.1 Å². The second kappa shape index (κ2) is 4.17. The number of hydrogen-bond donors (Lipinski definition) is 0. The molecule has 0 spiro atoms. The summed E-state index contributed by atoms with van der Waals surface area (Å²) in [4.78, 5) is 4.34. The highest BCUT2D eigenvalue weighted by molar-refractivity contribution is 6.30. The molecule has 0 aliphatic rings. The molecule has 3 heteroatoms. The van der Waals surface area contributed by atoms with Gasteiger partial charge < -0.3 is 4.74 Å². The molecule has 1 heterocycles. The molecule has 2 nitrogen and oxygen atoms in total. The van der Waals surface area contributed by atoms with E-state index in [1.54, 1.807) is 7.11 Å². The van der Waals surface area contributed by atoms with Gasteiger partial charge in [0.25, 0.3) is 0 Å². The van der Waals surface area contributed by atoms with Gasteiger partial charge in [-0.15, -0.1) is 0 Å². The summed E-state index contributed by atoms with van der Waals surface area (Å²) in [6.07, 6.45) is 0. The summed E-state index contributed by atoms with van der Waals surface area (Å²) in [6.45, 7) is 2.54. The van der Waals surface area contributed by atoms with Crippen LogP contribution >= 0.6 is 11.6 Å². The van der Waals surface area contributed by atoms with Gasteiger partial charge in [-0.1, -0.05) is 23.7 Å². The monoisotopic (exact) mass is 221 g/mol. The Morgan fingerprint density at radius 3 is 2.87 bits per heavy atom. The summed E-state index contributed by atoms with van der Waals surface area (Å²) in [7, 11) is 1.65. The van der Waals surface area contributed by atoms with E-state index in [1.165, 1.54) is 5.56 Å². The molecule has 2 aromatic rings. The third-order valence-electron chi connectivity index (χ3n) is 2.30. The minimum absolute atomic E-state index is 0.496. The normalized spacial score (nSPS) is 10.9. The van der Waals surface area contributed by atoms with Crippen molar-refractivity contribution in [2.45, 2.75) is 13.5 Å². The fourth-order valence-electron chi connectivity index (χ4n) is 1.55. The number of hydrogen-bond acceptors (Lipinski definition) is 2. The van der Waals surface area contributed by atoms with Crippen molar-refractivity contribution in [1.82, 2.24) is 4.98 Å². The third-order valence-corrected chi connectivity index (χ3v) is 2.63. The Balaban J connectivity index is 2.60. The van der Waals surface area contributed by atoms with E-state index in [-0.39, 0.29) is 0 Å². The largest absolute Gasteiger partial charge is 0.380 e. The fourth-order valence-corrected chi connectivity index (χ4v) is 1.75. The molecule has 1 aromatic carbocycles. The number of fused-ring (bicyclic) bond motifs is 1. The zero-order valence-corrected chi connectivity index (χ0v) is 9.51. The summed E-state index contributed by atoms with van der Waals surface area (Å²) >= 11 is 6.04. The molecule has 0 saturated heterocycles. The fraction of sp³-hybridized carbons (Fsp3) is 0.250. The van der Waals surface area contributed by atoms with Gasteiger partial charge in [0, 0.05) is 18.1 Å². The lowest BCUT2D eigenvalue weighted by molar-refractivity contribution is 0.185. The first-order valence-electron chi connectivity index (χ1n) is 4.75. The Labute approximate surface area is 93.8 Å². The van der Waals surface area contributed by atoms with Gasteiger partial charge in [-0.3, -0.25) is 0 Å². The minimum Gasteiger partial charge on any atom is -0.380 e. The number of rotatable bonds is 2. The standard InChI is InChI=1S/C12H12ClNO/c1-8-3-4-9-6-10(7-15-2)12(13)14-11(9)5-8/h3-6H,7H2,1-2H3. The van der Waals surface area contributed by atoms with Crippen LogP contribution in [0.4, 0.5) is 0 Å². The molecule has 0 aliphatic heterocycles. The Kier molecular flexibility index (Phi) is 2.89. The molecule has 0 unspecified atom stereocenters. The van der Waals surface area contributed by atoms with Crippen molar-refractivity contribution in [2.75, 3.05) is 7.11 Å². The quantitative estimate of drug-likeness (QED) is 0.726. The third kappa shape index (κ3) is 2.11. The number of nitrogens with zero attached hydrogens (tertiary/aromatic N) is 1. The van der Waals surface area contributed by atoms with E-state index in [0.717, 1.165) is 16.5 Å². The van der Waals surface area contributed by atoms with Crippen LogP contribution in [-0.4, -0.2) is 12.1 Å². The second-order valence-corrected chi connectivity index (χ2v) is 3.93. The summed E-state index contributed by atoms with van der Waals surface area (Å²) in [5.41, 5.74) is 3.04. The lowest BCUT2D eigenvalue weighted by Crippen LogP contribution is -1.92. The maximum atomic E-state index is 6.04. The van der Waals surface area contributed by atoms with Crippen LogP contribution < -0.4 is 0 Å². The van der Waals surface area contributed by atoms with Crippen molar-refractivity contribution < 1.29 is 4.74 Å². The van der Waals surface area contributed by atoms with E-state index in [9.17, 15) is 0 Å². The highest BCUT2D eigenvalue weighted by atomic mass is 35.5. The average Bonchev–Trinajstić information content (AvgIpc) is 2.20. The molecule has 0 fully saturated rings. The van der Waals surface area contributed by atoms with E-state index < -0.39 is 0 Å². The molecule has 15 heavy (non-hydrogen) atoms. The van der Waals surface area contributed by atoms with Crippen molar-refractivity contribution in [3.05, 3.63) is 40.5 Å². The van der Waals surface area contributed by atoms with Gasteiger partial charge in [0.1, 0.15) is 5.15 Å². The molecular formula is C12H12ClNO. The maximum Gasteiger partial charge on any atom is 0.135 e. The van der Waals surface area contributed by atoms with E-state index in [0.29, 0.717) is 11.8 Å². The lowest BCUT2D eigenvalue weighted by Gasteiger charge is -2.05. The van der Waals surface area contributed by atoms with Crippen molar-refractivity contribution >= 4 is 22.5 Å². The summed E-state index contributed by atoms with van der Waals surface area (Å²) in [6, 6.07) is 8.16. The molecule has 0 saturated carbocycles. The number of benzene rings is 1. The molecule has 1 aromatic heterocycles.